The molecule has 0 radical (unpaired) electrons. The van der Waals surface area contributed by atoms with Crippen molar-refractivity contribution in [2.45, 2.75) is 6.54 Å². The number of nitro benzene ring substituents is 1. The van der Waals surface area contributed by atoms with E-state index in [0.29, 0.717) is 10.6 Å². The van der Waals surface area contributed by atoms with Crippen LogP contribution < -0.4 is 4.74 Å². The van der Waals surface area contributed by atoms with Gasteiger partial charge in [-0.05, 0) is 53.7 Å². The molecule has 4 rings (SSSR count). The third kappa shape index (κ3) is 5.54. The summed E-state index contributed by atoms with van der Waals surface area (Å²) in [6, 6.07) is 16.7. The van der Waals surface area contributed by atoms with Crippen molar-refractivity contribution in [3.63, 3.8) is 0 Å². The SMILES string of the molecule is O=C(Oc1cccc(/C=C2\SC(=O)N(Cc3ccccc3[N+](=O)[O-])C2=O)c1)c1ccc(Cl)cc1Cl. The van der Waals surface area contributed by atoms with E-state index >= 15 is 0 Å². The molecule has 35 heavy (non-hydrogen) atoms. The van der Waals surface area contributed by atoms with Crippen LogP contribution in [0, 0.1) is 10.1 Å². The predicted molar refractivity (Wildman–Crippen MR) is 132 cm³/mol. The van der Waals surface area contributed by atoms with Crippen LogP contribution in [0.5, 0.6) is 5.75 Å². The minimum atomic E-state index is -0.686. The molecule has 0 aliphatic carbocycles. The normalized spacial score (nSPS) is 14.5. The molecule has 0 spiro atoms. The van der Waals surface area contributed by atoms with Gasteiger partial charge in [-0.2, -0.15) is 0 Å². The number of nitrogens with zero attached hydrogens (tertiary/aromatic N) is 2. The molecular weight excluding hydrogens is 515 g/mol. The number of rotatable bonds is 6. The lowest BCUT2D eigenvalue weighted by Crippen LogP contribution is -2.27. The first kappa shape index (κ1) is 24.5. The topological polar surface area (TPSA) is 107 Å². The number of imide groups is 1. The molecule has 11 heteroatoms. The summed E-state index contributed by atoms with van der Waals surface area (Å²) in [6.45, 7) is -0.224. The molecule has 2 amide bonds. The van der Waals surface area contributed by atoms with Gasteiger partial charge in [0.05, 0.1) is 27.0 Å². The average Bonchev–Trinajstić information content (AvgIpc) is 3.06. The Morgan fingerprint density at radius 2 is 1.83 bits per heavy atom. The Kier molecular flexibility index (Phi) is 7.20. The maximum absolute atomic E-state index is 12.9. The molecule has 1 aliphatic rings. The molecule has 1 fully saturated rings. The Labute approximate surface area is 213 Å². The molecule has 1 aliphatic heterocycles. The number of carbonyl (C=O) groups excluding carboxylic acids is 3. The van der Waals surface area contributed by atoms with Crippen molar-refractivity contribution >= 4 is 63.8 Å². The van der Waals surface area contributed by atoms with E-state index in [4.69, 9.17) is 27.9 Å². The molecule has 1 heterocycles. The Morgan fingerprint density at radius 1 is 1.06 bits per heavy atom. The summed E-state index contributed by atoms with van der Waals surface area (Å²) in [5, 5.41) is 11.2. The third-order valence-electron chi connectivity index (χ3n) is 4.91. The van der Waals surface area contributed by atoms with Crippen molar-refractivity contribution in [1.82, 2.24) is 4.90 Å². The number of esters is 1. The lowest BCUT2D eigenvalue weighted by molar-refractivity contribution is -0.385. The van der Waals surface area contributed by atoms with Gasteiger partial charge < -0.3 is 4.74 Å². The highest BCUT2D eigenvalue weighted by molar-refractivity contribution is 8.18. The van der Waals surface area contributed by atoms with E-state index < -0.39 is 22.0 Å². The lowest BCUT2D eigenvalue weighted by atomic mass is 10.1. The second-order valence-corrected chi connectivity index (χ2v) is 9.08. The van der Waals surface area contributed by atoms with Crippen LogP contribution in [-0.2, 0) is 11.3 Å². The van der Waals surface area contributed by atoms with Crippen molar-refractivity contribution < 1.29 is 24.0 Å². The molecule has 1 saturated heterocycles. The van der Waals surface area contributed by atoms with Crippen molar-refractivity contribution in [3.8, 4) is 5.75 Å². The van der Waals surface area contributed by atoms with Crippen molar-refractivity contribution in [2.24, 2.45) is 0 Å². The highest BCUT2D eigenvalue weighted by Gasteiger charge is 2.36. The summed E-state index contributed by atoms with van der Waals surface area (Å²) < 4.78 is 5.38. The zero-order valence-corrected chi connectivity index (χ0v) is 20.0. The summed E-state index contributed by atoms with van der Waals surface area (Å²) in [5.41, 5.74) is 0.716. The lowest BCUT2D eigenvalue weighted by Gasteiger charge is -2.12. The number of halogens is 2. The van der Waals surface area contributed by atoms with Crippen LogP contribution in [0.25, 0.3) is 6.08 Å². The molecular formula is C24H14Cl2N2O6S. The minimum absolute atomic E-state index is 0.137. The minimum Gasteiger partial charge on any atom is -0.423 e. The van der Waals surface area contributed by atoms with Crippen LogP contribution in [-0.4, -0.2) is 26.9 Å². The first-order valence-electron chi connectivity index (χ1n) is 9.98. The van der Waals surface area contributed by atoms with Crippen molar-refractivity contribution in [3.05, 3.63) is 108 Å². The van der Waals surface area contributed by atoms with Gasteiger partial charge >= 0.3 is 5.97 Å². The quantitative estimate of drug-likeness (QED) is 0.120. The summed E-state index contributed by atoms with van der Waals surface area (Å²) >= 11 is 12.6. The molecule has 0 N–H and O–H groups in total. The summed E-state index contributed by atoms with van der Waals surface area (Å²) in [6.07, 6.45) is 1.48. The van der Waals surface area contributed by atoms with Gasteiger partial charge in [-0.25, -0.2) is 4.79 Å². The summed E-state index contributed by atoms with van der Waals surface area (Å²) in [4.78, 5) is 49.6. The molecule has 0 atom stereocenters. The first-order valence-corrected chi connectivity index (χ1v) is 11.5. The Hall–Kier alpha value is -3.66. The zero-order chi connectivity index (χ0) is 25.1. The van der Waals surface area contributed by atoms with Gasteiger partial charge in [-0.3, -0.25) is 24.6 Å². The predicted octanol–water partition coefficient (Wildman–Crippen LogP) is 6.36. The van der Waals surface area contributed by atoms with Crippen LogP contribution >= 0.6 is 35.0 Å². The van der Waals surface area contributed by atoms with E-state index in [1.165, 1.54) is 48.5 Å². The molecule has 0 unspecified atom stereocenters. The van der Waals surface area contributed by atoms with Gasteiger partial charge in [0, 0.05) is 16.7 Å². The molecule has 0 bridgehead atoms. The number of nitro groups is 1. The Morgan fingerprint density at radius 3 is 2.57 bits per heavy atom. The number of thioether (sulfide) groups is 1. The number of benzene rings is 3. The second kappa shape index (κ2) is 10.3. The van der Waals surface area contributed by atoms with Gasteiger partial charge in [-0.15, -0.1) is 0 Å². The highest BCUT2D eigenvalue weighted by Crippen LogP contribution is 2.35. The molecule has 8 nitrogen and oxygen atoms in total. The van der Waals surface area contributed by atoms with Crippen LogP contribution in [0.1, 0.15) is 21.5 Å². The molecule has 0 aromatic heterocycles. The average molecular weight is 529 g/mol. The van der Waals surface area contributed by atoms with Crippen LogP contribution in [0.15, 0.2) is 71.6 Å². The van der Waals surface area contributed by atoms with E-state index in [1.54, 1.807) is 24.3 Å². The van der Waals surface area contributed by atoms with E-state index in [0.717, 1.165) is 16.7 Å². The molecule has 176 valence electrons. The smallest absolute Gasteiger partial charge is 0.345 e. The van der Waals surface area contributed by atoms with Gasteiger partial charge in [0.1, 0.15) is 5.75 Å². The van der Waals surface area contributed by atoms with E-state index in [2.05, 4.69) is 0 Å². The fraction of sp³-hybridized carbons (Fsp3) is 0.0417. The highest BCUT2D eigenvalue weighted by atomic mass is 35.5. The standard InChI is InChI=1S/C24H14Cl2N2O6S/c25-16-8-9-18(19(26)12-16)23(30)34-17-6-3-4-14(10-17)11-21-22(29)27(24(31)35-21)13-15-5-1-2-7-20(15)28(32)33/h1-12H,13H2/b21-11-. The number of carbonyl (C=O) groups is 3. The fourth-order valence-electron chi connectivity index (χ4n) is 3.27. The van der Waals surface area contributed by atoms with Crippen molar-refractivity contribution in [2.75, 3.05) is 0 Å². The van der Waals surface area contributed by atoms with Gasteiger partial charge in [0.15, 0.2) is 0 Å². The number of ether oxygens (including phenoxy) is 1. The van der Waals surface area contributed by atoms with Crippen molar-refractivity contribution in [1.29, 1.82) is 0 Å². The maximum Gasteiger partial charge on any atom is 0.345 e. The molecule has 0 saturated carbocycles. The largest absolute Gasteiger partial charge is 0.423 e. The number of hydrogen-bond acceptors (Lipinski definition) is 7. The van der Waals surface area contributed by atoms with Crippen LogP contribution in [0.3, 0.4) is 0 Å². The van der Waals surface area contributed by atoms with E-state index in [-0.39, 0.29) is 39.0 Å². The maximum atomic E-state index is 12.9. The number of para-hydroxylation sites is 1. The number of hydrogen-bond donors (Lipinski definition) is 0. The third-order valence-corrected chi connectivity index (χ3v) is 6.36. The summed E-state index contributed by atoms with van der Waals surface area (Å²) in [5.74, 6) is -1.06. The van der Waals surface area contributed by atoms with Gasteiger partial charge in [-0.1, -0.05) is 53.5 Å². The van der Waals surface area contributed by atoms with Gasteiger partial charge in [0.25, 0.3) is 16.8 Å². The van der Waals surface area contributed by atoms with E-state index in [1.807, 2.05) is 0 Å². The Balaban J connectivity index is 1.52. The van der Waals surface area contributed by atoms with Gasteiger partial charge in [0.2, 0.25) is 0 Å². The number of amides is 2. The Bertz CT molecular complexity index is 1410. The first-order chi connectivity index (χ1) is 16.7. The zero-order valence-electron chi connectivity index (χ0n) is 17.6. The van der Waals surface area contributed by atoms with Crippen LogP contribution in [0.4, 0.5) is 10.5 Å². The van der Waals surface area contributed by atoms with Crippen LogP contribution in [0.2, 0.25) is 10.0 Å². The fourth-order valence-corrected chi connectivity index (χ4v) is 4.59. The molecule has 3 aromatic carbocycles. The van der Waals surface area contributed by atoms with E-state index in [9.17, 15) is 24.5 Å². The molecule has 3 aromatic rings. The monoisotopic (exact) mass is 528 g/mol. The summed E-state index contributed by atoms with van der Waals surface area (Å²) in [7, 11) is 0. The second-order valence-electron chi connectivity index (χ2n) is 7.24.